The van der Waals surface area contributed by atoms with Crippen LogP contribution in [0.2, 0.25) is 0 Å². The molecule has 1 aliphatic rings. The number of anilines is 1. The molecule has 7 heteroatoms. The minimum Gasteiger partial charge on any atom is -0.345 e. The van der Waals surface area contributed by atoms with Crippen LogP contribution < -0.4 is 4.90 Å². The molecule has 1 aliphatic heterocycles. The van der Waals surface area contributed by atoms with Gasteiger partial charge in [0, 0.05) is 44.1 Å². The van der Waals surface area contributed by atoms with Gasteiger partial charge in [-0.25, -0.2) is 4.98 Å². The van der Waals surface area contributed by atoms with Crippen molar-refractivity contribution >= 4 is 43.6 Å². The summed E-state index contributed by atoms with van der Waals surface area (Å²) in [7, 11) is 0. The first-order valence-electron chi connectivity index (χ1n) is 9.71. The summed E-state index contributed by atoms with van der Waals surface area (Å²) in [5.41, 5.74) is 5.79. The third kappa shape index (κ3) is 3.31. The van der Waals surface area contributed by atoms with Crippen molar-refractivity contribution in [2.24, 2.45) is 0 Å². The first kappa shape index (κ1) is 18.0. The lowest BCUT2D eigenvalue weighted by molar-refractivity contribution is 0.0747. The van der Waals surface area contributed by atoms with Crippen molar-refractivity contribution in [3.05, 3.63) is 59.4 Å². The molecule has 1 amide bonds. The Hall–Kier alpha value is -3.06. The summed E-state index contributed by atoms with van der Waals surface area (Å²) in [4.78, 5) is 30.6. The maximum atomic E-state index is 13.0. The van der Waals surface area contributed by atoms with Crippen molar-refractivity contribution in [1.29, 1.82) is 0 Å². The number of rotatable bonds is 2. The molecule has 0 atom stereocenters. The highest BCUT2D eigenvalue weighted by molar-refractivity contribution is 7.22. The van der Waals surface area contributed by atoms with E-state index in [-0.39, 0.29) is 5.91 Å². The molecule has 4 aromatic rings. The Bertz CT molecular complexity index is 1230. The maximum Gasteiger partial charge on any atom is 0.254 e. The van der Waals surface area contributed by atoms with Crippen LogP contribution in [0.1, 0.15) is 21.5 Å². The summed E-state index contributed by atoms with van der Waals surface area (Å²) in [5, 5.41) is 1.04. The van der Waals surface area contributed by atoms with Crippen molar-refractivity contribution in [1.82, 2.24) is 19.9 Å². The molecule has 2 aromatic carbocycles. The fourth-order valence-corrected chi connectivity index (χ4v) is 4.95. The predicted octanol–water partition coefficient (Wildman–Crippen LogP) is 3.82. The molecule has 0 aliphatic carbocycles. The van der Waals surface area contributed by atoms with Gasteiger partial charge in [-0.1, -0.05) is 17.4 Å². The van der Waals surface area contributed by atoms with Crippen molar-refractivity contribution in [2.75, 3.05) is 31.1 Å². The van der Waals surface area contributed by atoms with Crippen LogP contribution in [0.4, 0.5) is 5.13 Å². The summed E-state index contributed by atoms with van der Waals surface area (Å²) in [6.07, 6.45) is 3.31. The number of aryl methyl sites for hydroxylation is 2. The molecule has 1 fully saturated rings. The van der Waals surface area contributed by atoms with E-state index in [0.717, 1.165) is 34.8 Å². The predicted molar refractivity (Wildman–Crippen MR) is 117 cm³/mol. The van der Waals surface area contributed by atoms with Crippen LogP contribution in [-0.2, 0) is 0 Å². The number of amides is 1. The fourth-order valence-electron chi connectivity index (χ4n) is 3.88. The van der Waals surface area contributed by atoms with E-state index in [9.17, 15) is 4.79 Å². The lowest BCUT2D eigenvalue weighted by Gasteiger charge is -2.34. The number of aromatic nitrogens is 3. The Morgan fingerprint density at radius 1 is 0.931 bits per heavy atom. The number of benzene rings is 2. The van der Waals surface area contributed by atoms with Gasteiger partial charge in [-0.3, -0.25) is 14.8 Å². The van der Waals surface area contributed by atoms with Gasteiger partial charge in [0.15, 0.2) is 5.13 Å². The lowest BCUT2D eigenvalue weighted by atomic mass is 10.1. The average molecular weight is 404 g/mol. The summed E-state index contributed by atoms with van der Waals surface area (Å²) >= 11 is 1.74. The molecule has 0 spiro atoms. The molecule has 2 aromatic heterocycles. The Balaban J connectivity index is 1.32. The molecule has 3 heterocycles. The van der Waals surface area contributed by atoms with Gasteiger partial charge in [-0.05, 0) is 49.2 Å². The minimum atomic E-state index is 0.0490. The van der Waals surface area contributed by atoms with E-state index in [1.165, 1.54) is 15.8 Å². The highest BCUT2D eigenvalue weighted by Crippen LogP contribution is 2.32. The highest BCUT2D eigenvalue weighted by atomic mass is 32.1. The third-order valence-corrected chi connectivity index (χ3v) is 6.63. The second-order valence-corrected chi connectivity index (χ2v) is 8.44. The van der Waals surface area contributed by atoms with Crippen molar-refractivity contribution in [2.45, 2.75) is 13.8 Å². The van der Waals surface area contributed by atoms with Crippen LogP contribution in [0.5, 0.6) is 0 Å². The van der Waals surface area contributed by atoms with Crippen LogP contribution in [0.15, 0.2) is 42.7 Å². The van der Waals surface area contributed by atoms with E-state index < -0.39 is 0 Å². The Kier molecular flexibility index (Phi) is 4.39. The molecule has 5 rings (SSSR count). The van der Waals surface area contributed by atoms with Gasteiger partial charge in [0.05, 0.1) is 21.3 Å². The van der Waals surface area contributed by atoms with Gasteiger partial charge in [0.25, 0.3) is 5.91 Å². The molecule has 0 N–H and O–H groups in total. The smallest absolute Gasteiger partial charge is 0.254 e. The molecule has 6 nitrogen and oxygen atoms in total. The van der Waals surface area contributed by atoms with Crippen LogP contribution >= 0.6 is 11.3 Å². The quantitative estimate of drug-likeness (QED) is 0.509. The van der Waals surface area contributed by atoms with Gasteiger partial charge in [-0.2, -0.15) is 0 Å². The van der Waals surface area contributed by atoms with Gasteiger partial charge >= 0.3 is 0 Å². The molecular formula is C22H21N5OS. The van der Waals surface area contributed by atoms with Gasteiger partial charge in [0.1, 0.15) is 0 Å². The van der Waals surface area contributed by atoms with E-state index in [4.69, 9.17) is 4.98 Å². The Labute approximate surface area is 172 Å². The monoisotopic (exact) mass is 403 g/mol. The summed E-state index contributed by atoms with van der Waals surface area (Å²) in [6.45, 7) is 7.19. The van der Waals surface area contributed by atoms with Gasteiger partial charge < -0.3 is 9.80 Å². The van der Waals surface area contributed by atoms with Crippen LogP contribution in [0.3, 0.4) is 0 Å². The third-order valence-electron chi connectivity index (χ3n) is 5.36. The standard InChI is InChI=1S/C22H21N5OS/c1-14-11-15(2)20-19(12-14)25-22(29-20)27-9-7-26(8-10-27)21(28)16-3-4-17-18(13-16)24-6-5-23-17/h3-6,11-13H,7-10H2,1-2H3. The maximum absolute atomic E-state index is 13.0. The number of carbonyl (C=O) groups excluding carboxylic acids is 1. The highest BCUT2D eigenvalue weighted by Gasteiger charge is 2.24. The average Bonchev–Trinajstić information content (AvgIpc) is 3.17. The van der Waals surface area contributed by atoms with Gasteiger partial charge in [-0.15, -0.1) is 0 Å². The molecule has 0 radical (unpaired) electrons. The van der Waals surface area contributed by atoms with E-state index in [2.05, 4.69) is 40.8 Å². The van der Waals surface area contributed by atoms with Crippen molar-refractivity contribution in [3.63, 3.8) is 0 Å². The number of piperazine rings is 1. The zero-order chi connectivity index (χ0) is 20.0. The number of nitrogens with zero attached hydrogens (tertiary/aromatic N) is 5. The second-order valence-electron chi connectivity index (χ2n) is 7.47. The number of hydrogen-bond donors (Lipinski definition) is 0. The number of hydrogen-bond acceptors (Lipinski definition) is 6. The topological polar surface area (TPSA) is 62.2 Å². The Morgan fingerprint density at radius 2 is 1.69 bits per heavy atom. The first-order valence-corrected chi connectivity index (χ1v) is 10.5. The number of fused-ring (bicyclic) bond motifs is 2. The molecule has 0 saturated carbocycles. The zero-order valence-electron chi connectivity index (χ0n) is 16.4. The van der Waals surface area contributed by atoms with Crippen molar-refractivity contribution in [3.8, 4) is 0 Å². The summed E-state index contributed by atoms with van der Waals surface area (Å²) in [6, 6.07) is 9.87. The van der Waals surface area contributed by atoms with E-state index in [1.54, 1.807) is 23.7 Å². The van der Waals surface area contributed by atoms with E-state index >= 15 is 0 Å². The van der Waals surface area contributed by atoms with Gasteiger partial charge in [0.2, 0.25) is 0 Å². The van der Waals surface area contributed by atoms with E-state index in [0.29, 0.717) is 18.7 Å². The van der Waals surface area contributed by atoms with Crippen LogP contribution in [0.25, 0.3) is 21.3 Å². The SMILES string of the molecule is Cc1cc(C)c2sc(N3CCN(C(=O)c4ccc5nccnc5c4)CC3)nc2c1. The summed E-state index contributed by atoms with van der Waals surface area (Å²) < 4.78 is 1.25. The zero-order valence-corrected chi connectivity index (χ0v) is 17.2. The van der Waals surface area contributed by atoms with Crippen molar-refractivity contribution < 1.29 is 4.79 Å². The normalized spacial score (nSPS) is 14.7. The second kappa shape index (κ2) is 7.08. The Morgan fingerprint density at radius 3 is 2.48 bits per heavy atom. The number of thiazole rings is 1. The largest absolute Gasteiger partial charge is 0.345 e. The lowest BCUT2D eigenvalue weighted by Crippen LogP contribution is -2.48. The molecule has 146 valence electrons. The minimum absolute atomic E-state index is 0.0490. The molecule has 0 bridgehead atoms. The molecular weight excluding hydrogens is 382 g/mol. The number of carbonyl (C=O) groups is 1. The van der Waals surface area contributed by atoms with Crippen LogP contribution in [-0.4, -0.2) is 51.9 Å². The molecule has 1 saturated heterocycles. The van der Waals surface area contributed by atoms with E-state index in [1.807, 2.05) is 23.1 Å². The molecule has 0 unspecified atom stereocenters. The van der Waals surface area contributed by atoms with Crippen LogP contribution in [0, 0.1) is 13.8 Å². The molecule has 29 heavy (non-hydrogen) atoms. The first-order chi connectivity index (χ1) is 14.1. The summed E-state index contributed by atoms with van der Waals surface area (Å²) in [5.74, 6) is 0.0490. The fraction of sp³-hybridized carbons (Fsp3) is 0.273.